The molecule has 1 nitrogen and oxygen atoms in total. The summed E-state index contributed by atoms with van der Waals surface area (Å²) in [6, 6.07) is 8.26. The third kappa shape index (κ3) is 2.74. The average molecular weight is 289 g/mol. The first kappa shape index (κ1) is 13.1. The molecule has 2 aromatic carbocycles. The van der Waals surface area contributed by atoms with Gasteiger partial charge >= 0.3 is 0 Å². The zero-order chi connectivity index (χ0) is 13.1. The molecule has 0 amide bonds. The van der Waals surface area contributed by atoms with Gasteiger partial charge in [0.15, 0.2) is 11.6 Å². The van der Waals surface area contributed by atoms with Crippen LogP contribution in [0, 0.1) is 11.6 Å². The van der Waals surface area contributed by atoms with E-state index in [2.05, 4.69) is 0 Å². The van der Waals surface area contributed by atoms with Crippen LogP contribution >= 0.6 is 23.2 Å². The number of alkyl halides is 1. The van der Waals surface area contributed by atoms with Gasteiger partial charge in [-0.25, -0.2) is 8.78 Å². The van der Waals surface area contributed by atoms with Crippen LogP contribution in [0.2, 0.25) is 5.02 Å². The highest BCUT2D eigenvalue weighted by atomic mass is 35.5. The number of benzene rings is 2. The van der Waals surface area contributed by atoms with Gasteiger partial charge < -0.3 is 4.74 Å². The van der Waals surface area contributed by atoms with Crippen molar-refractivity contribution in [1.29, 1.82) is 0 Å². The van der Waals surface area contributed by atoms with Crippen molar-refractivity contribution >= 4 is 23.2 Å². The molecule has 0 aromatic heterocycles. The molecule has 18 heavy (non-hydrogen) atoms. The van der Waals surface area contributed by atoms with Gasteiger partial charge in [-0.1, -0.05) is 17.7 Å². The van der Waals surface area contributed by atoms with Crippen molar-refractivity contribution in [1.82, 2.24) is 0 Å². The zero-order valence-electron chi connectivity index (χ0n) is 9.09. The molecule has 0 bridgehead atoms. The maximum Gasteiger partial charge on any atom is 0.184 e. The first-order chi connectivity index (χ1) is 8.61. The molecule has 0 fully saturated rings. The zero-order valence-corrected chi connectivity index (χ0v) is 10.6. The van der Waals surface area contributed by atoms with Crippen LogP contribution in [0.5, 0.6) is 11.5 Å². The highest BCUT2D eigenvalue weighted by molar-refractivity contribution is 6.30. The monoisotopic (exact) mass is 288 g/mol. The van der Waals surface area contributed by atoms with Crippen molar-refractivity contribution in [3.05, 3.63) is 58.6 Å². The second-order valence-corrected chi connectivity index (χ2v) is 4.21. The maximum atomic E-state index is 13.6. The van der Waals surface area contributed by atoms with Crippen LogP contribution in [-0.4, -0.2) is 0 Å². The number of ether oxygens (including phenoxy) is 1. The van der Waals surface area contributed by atoms with Gasteiger partial charge in [0.2, 0.25) is 0 Å². The van der Waals surface area contributed by atoms with Crippen LogP contribution in [0.1, 0.15) is 5.56 Å². The van der Waals surface area contributed by atoms with E-state index < -0.39 is 11.6 Å². The molecule has 0 atom stereocenters. The summed E-state index contributed by atoms with van der Waals surface area (Å²) in [5, 5.41) is -0.0398. The Balaban J connectivity index is 2.37. The van der Waals surface area contributed by atoms with Gasteiger partial charge in [-0.15, -0.1) is 11.6 Å². The van der Waals surface area contributed by atoms with Gasteiger partial charge in [0, 0.05) is 5.56 Å². The number of halogens is 4. The molecule has 0 aliphatic rings. The van der Waals surface area contributed by atoms with Crippen molar-refractivity contribution in [3.8, 4) is 11.5 Å². The third-order valence-corrected chi connectivity index (χ3v) is 2.88. The van der Waals surface area contributed by atoms with Crippen molar-refractivity contribution < 1.29 is 13.5 Å². The maximum absolute atomic E-state index is 13.6. The molecule has 0 spiro atoms. The molecule has 2 aromatic rings. The lowest BCUT2D eigenvalue weighted by molar-refractivity contribution is 0.438. The van der Waals surface area contributed by atoms with E-state index in [9.17, 15) is 8.78 Å². The normalized spacial score (nSPS) is 10.4. The molecular formula is C13H8Cl2F2O. The largest absolute Gasteiger partial charge is 0.454 e. The Kier molecular flexibility index (Phi) is 4.04. The van der Waals surface area contributed by atoms with E-state index in [0.717, 1.165) is 0 Å². The van der Waals surface area contributed by atoms with Gasteiger partial charge in [-0.2, -0.15) is 0 Å². The molecule has 0 N–H and O–H groups in total. The van der Waals surface area contributed by atoms with E-state index in [0.29, 0.717) is 11.3 Å². The molecule has 0 unspecified atom stereocenters. The standard InChI is InChI=1S/C13H8Cl2F2O/c14-7-8-6-9(16)4-5-11(8)18-12-3-1-2-10(15)13(12)17/h1-6H,7H2. The smallest absolute Gasteiger partial charge is 0.184 e. The van der Waals surface area contributed by atoms with Gasteiger partial charge in [-0.05, 0) is 30.3 Å². The van der Waals surface area contributed by atoms with Crippen LogP contribution in [0.3, 0.4) is 0 Å². The van der Waals surface area contributed by atoms with E-state index in [4.69, 9.17) is 27.9 Å². The summed E-state index contributed by atoms with van der Waals surface area (Å²) in [7, 11) is 0. The van der Waals surface area contributed by atoms with Crippen LogP contribution in [-0.2, 0) is 5.88 Å². The minimum absolute atomic E-state index is 0.0273. The lowest BCUT2D eigenvalue weighted by Crippen LogP contribution is -1.93. The van der Waals surface area contributed by atoms with Gasteiger partial charge in [-0.3, -0.25) is 0 Å². The van der Waals surface area contributed by atoms with E-state index in [-0.39, 0.29) is 16.7 Å². The van der Waals surface area contributed by atoms with Gasteiger partial charge in [0.25, 0.3) is 0 Å². The Morgan fingerprint density at radius 3 is 2.56 bits per heavy atom. The van der Waals surface area contributed by atoms with E-state index >= 15 is 0 Å². The van der Waals surface area contributed by atoms with Crippen molar-refractivity contribution in [3.63, 3.8) is 0 Å². The van der Waals surface area contributed by atoms with E-state index in [1.807, 2.05) is 0 Å². The number of hydrogen-bond donors (Lipinski definition) is 0. The summed E-state index contributed by atoms with van der Waals surface area (Å²) in [5.74, 6) is -0.753. The molecule has 5 heteroatoms. The summed E-state index contributed by atoms with van der Waals surface area (Å²) < 4.78 is 32.0. The second-order valence-electron chi connectivity index (χ2n) is 3.54. The summed E-state index contributed by atoms with van der Waals surface area (Å²) >= 11 is 11.3. The van der Waals surface area contributed by atoms with Gasteiger partial charge in [0.05, 0.1) is 10.9 Å². The third-order valence-electron chi connectivity index (χ3n) is 2.30. The number of rotatable bonds is 3. The summed E-state index contributed by atoms with van der Waals surface area (Å²) in [6.07, 6.45) is 0. The van der Waals surface area contributed by atoms with Crippen LogP contribution in [0.4, 0.5) is 8.78 Å². The molecule has 94 valence electrons. The first-order valence-electron chi connectivity index (χ1n) is 5.08. The Morgan fingerprint density at radius 1 is 1.06 bits per heavy atom. The topological polar surface area (TPSA) is 9.23 Å². The molecule has 0 aliphatic carbocycles. The lowest BCUT2D eigenvalue weighted by atomic mass is 10.2. The fourth-order valence-corrected chi connectivity index (χ4v) is 1.81. The average Bonchev–Trinajstić information content (AvgIpc) is 2.37. The lowest BCUT2D eigenvalue weighted by Gasteiger charge is -2.10. The van der Waals surface area contributed by atoms with Crippen molar-refractivity contribution in [2.75, 3.05) is 0 Å². The Labute approximate surface area is 113 Å². The highest BCUT2D eigenvalue weighted by Crippen LogP contribution is 2.31. The van der Waals surface area contributed by atoms with Crippen LogP contribution < -0.4 is 4.74 Å². The van der Waals surface area contributed by atoms with Crippen molar-refractivity contribution in [2.45, 2.75) is 5.88 Å². The summed E-state index contributed by atoms with van der Waals surface area (Å²) in [6.45, 7) is 0. The first-order valence-corrected chi connectivity index (χ1v) is 5.99. The summed E-state index contributed by atoms with van der Waals surface area (Å²) in [5.41, 5.74) is 0.441. The quantitative estimate of drug-likeness (QED) is 0.710. The minimum Gasteiger partial charge on any atom is -0.454 e. The molecule has 0 aliphatic heterocycles. The fourth-order valence-electron chi connectivity index (χ4n) is 1.43. The predicted octanol–water partition coefficient (Wildman–Crippen LogP) is 5.15. The minimum atomic E-state index is -0.663. The molecular weight excluding hydrogens is 281 g/mol. The second kappa shape index (κ2) is 5.55. The van der Waals surface area contributed by atoms with Crippen molar-refractivity contribution in [2.24, 2.45) is 0 Å². The number of hydrogen-bond acceptors (Lipinski definition) is 1. The highest BCUT2D eigenvalue weighted by Gasteiger charge is 2.11. The molecule has 0 heterocycles. The molecule has 0 saturated carbocycles. The Morgan fingerprint density at radius 2 is 1.83 bits per heavy atom. The van der Waals surface area contributed by atoms with E-state index in [1.165, 1.54) is 30.3 Å². The molecule has 2 rings (SSSR count). The Hall–Kier alpha value is -1.32. The van der Waals surface area contributed by atoms with Crippen LogP contribution in [0.15, 0.2) is 36.4 Å². The Bertz CT molecular complexity index is 573. The predicted molar refractivity (Wildman–Crippen MR) is 67.4 cm³/mol. The van der Waals surface area contributed by atoms with E-state index in [1.54, 1.807) is 6.07 Å². The van der Waals surface area contributed by atoms with Crippen LogP contribution in [0.25, 0.3) is 0 Å². The van der Waals surface area contributed by atoms with Gasteiger partial charge in [0.1, 0.15) is 11.6 Å². The fraction of sp³-hybridized carbons (Fsp3) is 0.0769. The molecule has 0 radical (unpaired) electrons. The summed E-state index contributed by atoms with van der Waals surface area (Å²) in [4.78, 5) is 0. The SMILES string of the molecule is Fc1ccc(Oc2cccc(Cl)c2F)c(CCl)c1. The molecule has 0 saturated heterocycles.